The van der Waals surface area contributed by atoms with Crippen molar-refractivity contribution in [2.24, 2.45) is 5.73 Å². The predicted molar refractivity (Wildman–Crippen MR) is 114 cm³/mol. The molecule has 0 bridgehead atoms. The Labute approximate surface area is 179 Å². The van der Waals surface area contributed by atoms with Crippen LogP contribution >= 0.6 is 0 Å². The predicted octanol–water partition coefficient (Wildman–Crippen LogP) is 4.10. The summed E-state index contributed by atoms with van der Waals surface area (Å²) in [6.07, 6.45) is -0.259. The number of nitrogens with two attached hydrogens (primary N) is 1. The molecule has 0 aliphatic carbocycles. The second kappa shape index (κ2) is 8.33. The number of primary amides is 1. The molecule has 1 aliphatic rings. The smallest absolute Gasteiger partial charge is 0.248 e. The van der Waals surface area contributed by atoms with Crippen molar-refractivity contribution >= 4 is 11.7 Å². The van der Waals surface area contributed by atoms with E-state index in [0.29, 0.717) is 46.8 Å². The maximum absolute atomic E-state index is 12.2. The molecule has 1 aliphatic heterocycles. The average molecular weight is 412 g/mol. The summed E-state index contributed by atoms with van der Waals surface area (Å²) in [5.41, 5.74) is 8.93. The lowest BCUT2D eigenvalue weighted by Crippen LogP contribution is -2.17. The SMILES string of the molecule is Cc1c(O[C@H](c2ccc(C(N)=O)cc2)c2ccccc2C#N)ccc2c1OCCC2=O. The highest BCUT2D eigenvalue weighted by Crippen LogP contribution is 2.38. The Morgan fingerprint density at radius 2 is 1.87 bits per heavy atom. The summed E-state index contributed by atoms with van der Waals surface area (Å²) in [5, 5.41) is 9.61. The lowest BCUT2D eigenvalue weighted by molar-refractivity contribution is 0.0931. The van der Waals surface area contributed by atoms with Gasteiger partial charge in [-0.05, 0) is 42.8 Å². The molecule has 0 aromatic heterocycles. The lowest BCUT2D eigenvalue weighted by Gasteiger charge is -2.25. The number of carbonyl (C=O) groups is 2. The number of benzene rings is 3. The third-order valence-corrected chi connectivity index (χ3v) is 5.34. The van der Waals surface area contributed by atoms with Gasteiger partial charge in [-0.15, -0.1) is 0 Å². The number of ether oxygens (including phenoxy) is 2. The molecule has 0 saturated carbocycles. The third kappa shape index (κ3) is 3.86. The van der Waals surface area contributed by atoms with Gasteiger partial charge in [0.05, 0.1) is 23.8 Å². The Kier molecular flexibility index (Phi) is 5.42. The fourth-order valence-corrected chi connectivity index (χ4v) is 3.68. The van der Waals surface area contributed by atoms with E-state index >= 15 is 0 Å². The Balaban J connectivity index is 1.80. The number of carbonyl (C=O) groups excluding carboxylic acids is 2. The number of hydrogen-bond donors (Lipinski definition) is 1. The van der Waals surface area contributed by atoms with Gasteiger partial charge in [0.15, 0.2) is 11.9 Å². The molecule has 6 nitrogen and oxygen atoms in total. The largest absolute Gasteiger partial charge is 0.492 e. The quantitative estimate of drug-likeness (QED) is 0.680. The molecule has 0 radical (unpaired) electrons. The van der Waals surface area contributed by atoms with Gasteiger partial charge in [0, 0.05) is 23.1 Å². The molecular weight excluding hydrogens is 392 g/mol. The van der Waals surface area contributed by atoms with Crippen LogP contribution in [0.3, 0.4) is 0 Å². The van der Waals surface area contributed by atoms with Gasteiger partial charge in [-0.3, -0.25) is 9.59 Å². The summed E-state index contributed by atoms with van der Waals surface area (Å²) >= 11 is 0. The number of nitrogens with zero attached hydrogens (tertiary/aromatic N) is 1. The summed E-state index contributed by atoms with van der Waals surface area (Å²) in [6.45, 7) is 2.18. The second-order valence-corrected chi connectivity index (χ2v) is 7.27. The first-order valence-corrected chi connectivity index (χ1v) is 9.84. The van der Waals surface area contributed by atoms with E-state index in [0.717, 1.165) is 11.1 Å². The van der Waals surface area contributed by atoms with Crippen LogP contribution in [0.15, 0.2) is 60.7 Å². The molecule has 0 spiro atoms. The van der Waals surface area contributed by atoms with Crippen LogP contribution in [-0.2, 0) is 0 Å². The monoisotopic (exact) mass is 412 g/mol. The zero-order valence-electron chi connectivity index (χ0n) is 16.9. The van der Waals surface area contributed by atoms with Gasteiger partial charge in [-0.25, -0.2) is 0 Å². The summed E-state index contributed by atoms with van der Waals surface area (Å²) < 4.78 is 12.1. The first-order valence-electron chi connectivity index (χ1n) is 9.84. The molecule has 6 heteroatoms. The molecule has 1 atom stereocenters. The highest BCUT2D eigenvalue weighted by molar-refractivity contribution is 6.00. The topological polar surface area (TPSA) is 102 Å². The minimum absolute atomic E-state index is 0.0457. The molecule has 154 valence electrons. The number of hydrogen-bond acceptors (Lipinski definition) is 5. The van der Waals surface area contributed by atoms with E-state index in [4.69, 9.17) is 15.2 Å². The summed E-state index contributed by atoms with van der Waals surface area (Å²) in [5.74, 6) is 0.605. The Hall–Kier alpha value is -4.11. The summed E-state index contributed by atoms with van der Waals surface area (Å²) in [6, 6.07) is 19.6. The van der Waals surface area contributed by atoms with Crippen molar-refractivity contribution in [1.82, 2.24) is 0 Å². The van der Waals surface area contributed by atoms with Crippen molar-refractivity contribution in [1.29, 1.82) is 5.26 Å². The van der Waals surface area contributed by atoms with Crippen LogP contribution < -0.4 is 15.2 Å². The third-order valence-electron chi connectivity index (χ3n) is 5.34. The average Bonchev–Trinajstić information content (AvgIpc) is 2.79. The first-order chi connectivity index (χ1) is 15.0. The van der Waals surface area contributed by atoms with Crippen molar-refractivity contribution < 1.29 is 19.1 Å². The summed E-state index contributed by atoms with van der Waals surface area (Å²) in [7, 11) is 0. The minimum atomic E-state index is -0.617. The molecule has 3 aromatic carbocycles. The Bertz CT molecular complexity index is 1210. The van der Waals surface area contributed by atoms with E-state index in [-0.39, 0.29) is 5.78 Å². The van der Waals surface area contributed by atoms with Crippen LogP contribution in [0, 0.1) is 18.3 Å². The van der Waals surface area contributed by atoms with Gasteiger partial charge < -0.3 is 15.2 Å². The molecule has 1 amide bonds. The number of ketones is 1. The molecule has 31 heavy (non-hydrogen) atoms. The first kappa shape index (κ1) is 20.2. The molecular formula is C25H20N2O4. The van der Waals surface area contributed by atoms with Gasteiger partial charge in [-0.2, -0.15) is 5.26 Å². The fraction of sp³-hybridized carbons (Fsp3) is 0.160. The Morgan fingerprint density at radius 1 is 1.13 bits per heavy atom. The van der Waals surface area contributed by atoms with Gasteiger partial charge in [0.1, 0.15) is 11.5 Å². The van der Waals surface area contributed by atoms with E-state index in [2.05, 4.69) is 6.07 Å². The van der Waals surface area contributed by atoms with Crippen molar-refractivity contribution in [2.45, 2.75) is 19.4 Å². The second-order valence-electron chi connectivity index (χ2n) is 7.27. The molecule has 4 rings (SSSR count). The summed E-state index contributed by atoms with van der Waals surface area (Å²) in [4.78, 5) is 23.6. The van der Waals surface area contributed by atoms with E-state index in [1.807, 2.05) is 19.1 Å². The van der Waals surface area contributed by atoms with Crippen molar-refractivity contribution in [3.63, 3.8) is 0 Å². The van der Waals surface area contributed by atoms with Crippen LogP contribution in [0.25, 0.3) is 0 Å². The molecule has 1 heterocycles. The molecule has 0 saturated heterocycles. The highest BCUT2D eigenvalue weighted by Gasteiger charge is 2.25. The van der Waals surface area contributed by atoms with Crippen LogP contribution in [0.1, 0.15) is 55.5 Å². The van der Waals surface area contributed by atoms with Crippen LogP contribution in [0.4, 0.5) is 0 Å². The van der Waals surface area contributed by atoms with E-state index < -0.39 is 12.0 Å². The Morgan fingerprint density at radius 3 is 2.58 bits per heavy atom. The number of amides is 1. The van der Waals surface area contributed by atoms with Crippen LogP contribution in [0.5, 0.6) is 11.5 Å². The molecule has 2 N–H and O–H groups in total. The van der Waals surface area contributed by atoms with Crippen LogP contribution in [-0.4, -0.2) is 18.3 Å². The molecule has 0 fully saturated rings. The standard InChI is InChI=1S/C25H20N2O4/c1-15-22(11-10-20-21(28)12-13-30-23(15)20)31-24(19-5-3-2-4-18(19)14-26)16-6-8-17(9-7-16)25(27)29/h2-11,24H,12-13H2,1H3,(H2,27,29)/t24-/m1/s1. The van der Waals surface area contributed by atoms with Crippen molar-refractivity contribution in [3.8, 4) is 17.6 Å². The highest BCUT2D eigenvalue weighted by atomic mass is 16.5. The van der Waals surface area contributed by atoms with Gasteiger partial charge in [-0.1, -0.05) is 30.3 Å². The molecule has 3 aromatic rings. The fourth-order valence-electron chi connectivity index (χ4n) is 3.68. The van der Waals surface area contributed by atoms with Gasteiger partial charge in [0.2, 0.25) is 5.91 Å². The van der Waals surface area contributed by atoms with E-state index in [9.17, 15) is 14.9 Å². The maximum atomic E-state index is 12.2. The number of Topliss-reactive ketones (excluding diaryl/α,β-unsaturated/α-hetero) is 1. The number of rotatable bonds is 5. The van der Waals surface area contributed by atoms with Gasteiger partial charge in [0.25, 0.3) is 0 Å². The van der Waals surface area contributed by atoms with Gasteiger partial charge >= 0.3 is 0 Å². The van der Waals surface area contributed by atoms with E-state index in [1.54, 1.807) is 48.5 Å². The number of fused-ring (bicyclic) bond motifs is 1. The number of nitriles is 1. The van der Waals surface area contributed by atoms with Crippen molar-refractivity contribution in [2.75, 3.05) is 6.61 Å². The normalized spacial score (nSPS) is 13.5. The molecule has 0 unspecified atom stereocenters. The van der Waals surface area contributed by atoms with Crippen molar-refractivity contribution in [3.05, 3.63) is 94.0 Å². The maximum Gasteiger partial charge on any atom is 0.248 e. The minimum Gasteiger partial charge on any atom is -0.492 e. The van der Waals surface area contributed by atoms with Crippen LogP contribution in [0.2, 0.25) is 0 Å². The zero-order valence-corrected chi connectivity index (χ0v) is 16.9. The zero-order chi connectivity index (χ0) is 22.0. The lowest BCUT2D eigenvalue weighted by atomic mass is 9.95. The van der Waals surface area contributed by atoms with E-state index in [1.165, 1.54) is 0 Å².